The molecule has 0 saturated heterocycles. The molecule has 5 nitrogen and oxygen atoms in total. The molecule has 0 spiro atoms. The lowest BCUT2D eigenvalue weighted by Crippen LogP contribution is -2.33. The Hall–Kier alpha value is -2.69. The third-order valence-corrected chi connectivity index (χ3v) is 4.58. The Kier molecular flexibility index (Phi) is 1.83. The molecule has 0 aliphatic carbocycles. The molecule has 4 aromatic heterocycles. The van der Waals surface area contributed by atoms with E-state index in [0.717, 1.165) is 6.54 Å². The first-order valence-electron chi connectivity index (χ1n) is 7.01. The van der Waals surface area contributed by atoms with E-state index in [9.17, 15) is 0 Å². The third-order valence-electron chi connectivity index (χ3n) is 4.58. The van der Waals surface area contributed by atoms with E-state index in [1.807, 2.05) is 24.8 Å². The van der Waals surface area contributed by atoms with Crippen molar-refractivity contribution in [1.29, 1.82) is 0 Å². The third kappa shape index (κ3) is 1.15. The predicted octanol–water partition coefficient (Wildman–Crippen LogP) is 1.78. The highest BCUT2D eigenvalue weighted by Crippen LogP contribution is 2.34. The molecule has 0 saturated carbocycles. The number of aromatic nitrogens is 5. The zero-order chi connectivity index (χ0) is 14.1. The maximum absolute atomic E-state index is 4.26. The minimum Gasteiger partial charge on any atom is -0.264 e. The lowest BCUT2D eigenvalue weighted by molar-refractivity contribution is -0.648. The summed E-state index contributed by atoms with van der Waals surface area (Å²) in [5.74, 6) is 1.26. The van der Waals surface area contributed by atoms with E-state index in [2.05, 4.69) is 49.9 Å². The van der Waals surface area contributed by atoms with Gasteiger partial charge in [0.25, 0.3) is 5.65 Å². The number of rotatable bonds is 0. The molecule has 0 radical (unpaired) electrons. The Bertz CT molecular complexity index is 1040. The van der Waals surface area contributed by atoms with E-state index in [0.29, 0.717) is 0 Å². The smallest absolute Gasteiger partial charge is 0.264 e. The van der Waals surface area contributed by atoms with Gasteiger partial charge in [-0.15, -0.1) is 0 Å². The Morgan fingerprint density at radius 1 is 1.05 bits per heavy atom. The molecule has 0 atom stereocenters. The molecule has 0 N–H and O–H groups in total. The highest BCUT2D eigenvalue weighted by Gasteiger charge is 2.34. The maximum Gasteiger partial charge on any atom is 0.269 e. The molecule has 0 aromatic carbocycles. The molecule has 5 heterocycles. The second kappa shape index (κ2) is 3.49. The highest BCUT2D eigenvalue weighted by atomic mass is 15.2. The summed E-state index contributed by atoms with van der Waals surface area (Å²) in [6.07, 6.45) is 7.64. The van der Waals surface area contributed by atoms with Crippen molar-refractivity contribution >= 4 is 22.1 Å². The Labute approximate surface area is 121 Å². The molecule has 1 aliphatic rings. The standard InChI is InChI=1S/C16H14N5/c1-19-13-8-18-6-4-12(13)14-16(19)21-9-10-7-17-5-3-11(10)15(21)20(14)2/h3-8H,9H2,1-2H3/q+1. The van der Waals surface area contributed by atoms with Crippen molar-refractivity contribution in [2.45, 2.75) is 6.54 Å². The second-order valence-electron chi connectivity index (χ2n) is 5.63. The van der Waals surface area contributed by atoms with Crippen molar-refractivity contribution in [1.82, 2.24) is 19.1 Å². The summed E-state index contributed by atoms with van der Waals surface area (Å²) in [6.45, 7) is 0.882. The number of imidazole rings is 1. The van der Waals surface area contributed by atoms with Gasteiger partial charge >= 0.3 is 0 Å². The summed E-state index contributed by atoms with van der Waals surface area (Å²) >= 11 is 0. The number of hydrogen-bond acceptors (Lipinski definition) is 2. The van der Waals surface area contributed by atoms with Gasteiger partial charge in [0.15, 0.2) is 5.52 Å². The van der Waals surface area contributed by atoms with Crippen LogP contribution < -0.4 is 4.57 Å². The van der Waals surface area contributed by atoms with Crippen LogP contribution in [-0.4, -0.2) is 19.1 Å². The monoisotopic (exact) mass is 276 g/mol. The van der Waals surface area contributed by atoms with Gasteiger partial charge in [-0.05, 0) is 12.1 Å². The van der Waals surface area contributed by atoms with Gasteiger partial charge in [0.2, 0.25) is 5.82 Å². The molecule has 0 unspecified atom stereocenters. The van der Waals surface area contributed by atoms with Gasteiger partial charge in [-0.3, -0.25) is 19.1 Å². The summed E-state index contributed by atoms with van der Waals surface area (Å²) in [6, 6.07) is 4.21. The zero-order valence-electron chi connectivity index (χ0n) is 11.9. The van der Waals surface area contributed by atoms with Crippen LogP contribution in [0.5, 0.6) is 0 Å². The summed E-state index contributed by atoms with van der Waals surface area (Å²) in [7, 11) is 4.25. The van der Waals surface area contributed by atoms with Crippen LogP contribution in [0.25, 0.3) is 33.5 Å². The van der Waals surface area contributed by atoms with Crippen molar-refractivity contribution in [3.05, 3.63) is 42.5 Å². The van der Waals surface area contributed by atoms with Gasteiger partial charge in [-0.1, -0.05) is 0 Å². The van der Waals surface area contributed by atoms with Crippen molar-refractivity contribution < 1.29 is 4.57 Å². The van der Waals surface area contributed by atoms with Crippen molar-refractivity contribution in [2.24, 2.45) is 14.1 Å². The zero-order valence-corrected chi connectivity index (χ0v) is 11.9. The molecule has 4 aromatic rings. The predicted molar refractivity (Wildman–Crippen MR) is 79.7 cm³/mol. The number of hydrogen-bond donors (Lipinski definition) is 0. The minimum absolute atomic E-state index is 0.882. The fourth-order valence-corrected chi connectivity index (χ4v) is 3.69. The molecular weight excluding hydrogens is 262 g/mol. The van der Waals surface area contributed by atoms with E-state index in [4.69, 9.17) is 0 Å². The van der Waals surface area contributed by atoms with Crippen LogP contribution in [0.1, 0.15) is 5.56 Å². The topological polar surface area (TPSA) is 39.5 Å². The Morgan fingerprint density at radius 2 is 1.86 bits per heavy atom. The van der Waals surface area contributed by atoms with Crippen LogP contribution in [-0.2, 0) is 20.6 Å². The molecule has 0 amide bonds. The maximum atomic E-state index is 4.26. The van der Waals surface area contributed by atoms with Gasteiger partial charge in [0, 0.05) is 24.2 Å². The van der Waals surface area contributed by atoms with Gasteiger partial charge in [-0.25, -0.2) is 4.57 Å². The van der Waals surface area contributed by atoms with Gasteiger partial charge in [0.1, 0.15) is 5.52 Å². The average Bonchev–Trinajstić information content (AvgIpc) is 3.11. The Balaban J connectivity index is 2.02. The van der Waals surface area contributed by atoms with Gasteiger partial charge in [-0.2, -0.15) is 0 Å². The molecule has 5 rings (SSSR count). The number of pyridine rings is 2. The van der Waals surface area contributed by atoms with Crippen LogP contribution in [0, 0.1) is 0 Å². The fraction of sp³-hybridized carbons (Fsp3) is 0.188. The average molecular weight is 276 g/mol. The van der Waals surface area contributed by atoms with E-state index in [1.165, 1.54) is 39.0 Å². The number of aryl methyl sites for hydroxylation is 2. The van der Waals surface area contributed by atoms with Gasteiger partial charge in [0.05, 0.1) is 37.8 Å². The van der Waals surface area contributed by atoms with Crippen LogP contribution >= 0.6 is 0 Å². The van der Waals surface area contributed by atoms with Crippen LogP contribution in [0.15, 0.2) is 36.9 Å². The molecule has 102 valence electrons. The quantitative estimate of drug-likeness (QED) is 0.404. The van der Waals surface area contributed by atoms with E-state index in [1.54, 1.807) is 0 Å². The number of fused-ring (bicyclic) bond motifs is 7. The first-order chi connectivity index (χ1) is 10.3. The normalized spacial score (nSPS) is 13.0. The lowest BCUT2D eigenvalue weighted by Gasteiger charge is -1.97. The lowest BCUT2D eigenvalue weighted by atomic mass is 10.2. The first kappa shape index (κ1) is 11.0. The molecule has 0 fully saturated rings. The molecule has 1 aliphatic heterocycles. The van der Waals surface area contributed by atoms with Gasteiger partial charge < -0.3 is 0 Å². The fourth-order valence-electron chi connectivity index (χ4n) is 3.69. The summed E-state index contributed by atoms with van der Waals surface area (Å²) in [5, 5.41) is 1.25. The highest BCUT2D eigenvalue weighted by molar-refractivity contribution is 6.04. The summed E-state index contributed by atoms with van der Waals surface area (Å²) in [4.78, 5) is 8.52. The van der Waals surface area contributed by atoms with Crippen molar-refractivity contribution in [3.8, 4) is 11.4 Å². The Morgan fingerprint density at radius 3 is 2.76 bits per heavy atom. The van der Waals surface area contributed by atoms with E-state index in [-0.39, 0.29) is 0 Å². The number of nitrogens with zero attached hydrogens (tertiary/aromatic N) is 5. The van der Waals surface area contributed by atoms with Crippen LogP contribution in [0.4, 0.5) is 0 Å². The molecule has 5 heteroatoms. The van der Waals surface area contributed by atoms with Crippen LogP contribution in [0.3, 0.4) is 0 Å². The second-order valence-corrected chi connectivity index (χ2v) is 5.63. The van der Waals surface area contributed by atoms with Crippen molar-refractivity contribution in [3.63, 3.8) is 0 Å². The largest absolute Gasteiger partial charge is 0.269 e. The van der Waals surface area contributed by atoms with Crippen molar-refractivity contribution in [2.75, 3.05) is 0 Å². The molecular formula is C16H14N5+. The van der Waals surface area contributed by atoms with Crippen LogP contribution in [0.2, 0.25) is 0 Å². The SMILES string of the molecule is Cn1c2[n+](c3c1c1ccncc1n3C)Cc1cnccc1-2. The summed E-state index contributed by atoms with van der Waals surface area (Å²) in [5.41, 5.74) is 6.25. The minimum atomic E-state index is 0.882. The summed E-state index contributed by atoms with van der Waals surface area (Å²) < 4.78 is 6.91. The molecule has 21 heavy (non-hydrogen) atoms. The first-order valence-corrected chi connectivity index (χ1v) is 7.01. The van der Waals surface area contributed by atoms with E-state index < -0.39 is 0 Å². The van der Waals surface area contributed by atoms with E-state index >= 15 is 0 Å². The molecule has 0 bridgehead atoms.